The van der Waals surface area contributed by atoms with Crippen LogP contribution in [-0.4, -0.2) is 24.6 Å². The first-order chi connectivity index (χ1) is 32.6. The van der Waals surface area contributed by atoms with Crippen LogP contribution in [0, 0.1) is 0 Å². The van der Waals surface area contributed by atoms with Crippen LogP contribution in [-0.2, 0) is 21.7 Å². The number of benzene rings is 7. The van der Waals surface area contributed by atoms with Crippen LogP contribution in [0.15, 0.2) is 158 Å². The number of aromatic nitrogens is 4. The van der Waals surface area contributed by atoms with Gasteiger partial charge in [0.05, 0.1) is 28.0 Å². The lowest BCUT2D eigenvalue weighted by Gasteiger charge is -2.28. The van der Waals surface area contributed by atoms with Gasteiger partial charge in [-0.2, -0.15) is 0 Å². The Kier molecular flexibility index (Phi) is 10.9. The Labute approximate surface area is 408 Å². The molecule has 346 valence electrons. The molecule has 0 aliphatic rings. The third kappa shape index (κ3) is 8.32. The Morgan fingerprint density at radius 2 is 1.10 bits per heavy atom. The highest BCUT2D eigenvalue weighted by Crippen LogP contribution is 2.47. The molecule has 7 aromatic carbocycles. The Morgan fingerprint density at radius 3 is 1.83 bits per heavy atom. The van der Waals surface area contributed by atoms with Gasteiger partial charge in [-0.1, -0.05) is 174 Å². The molecule has 0 amide bonds. The molecule has 10 rings (SSSR count). The molecule has 0 saturated heterocycles. The van der Waals surface area contributed by atoms with Crippen molar-refractivity contribution in [3.05, 3.63) is 180 Å². The number of pyridine rings is 1. The fourth-order valence-corrected chi connectivity index (χ4v) is 9.88. The molecule has 69 heavy (non-hydrogen) atoms. The molecule has 10 aromatic rings. The van der Waals surface area contributed by atoms with E-state index in [2.05, 4.69) is 244 Å². The van der Waals surface area contributed by atoms with Crippen LogP contribution >= 0.6 is 0 Å². The van der Waals surface area contributed by atoms with E-state index in [4.69, 9.17) is 9.97 Å². The topological polar surface area (TPSA) is 66.7 Å². The van der Waals surface area contributed by atoms with Gasteiger partial charge >= 0.3 is 0 Å². The van der Waals surface area contributed by atoms with Crippen LogP contribution in [0.1, 0.15) is 105 Å². The van der Waals surface area contributed by atoms with Gasteiger partial charge in [0.2, 0.25) is 0 Å². The normalized spacial score (nSPS) is 12.7. The minimum atomic E-state index is -0.331. The summed E-state index contributed by atoms with van der Waals surface area (Å²) in [6.45, 7) is 26.8. The van der Waals surface area contributed by atoms with E-state index < -0.39 is 0 Å². The van der Waals surface area contributed by atoms with Crippen molar-refractivity contribution in [3.63, 3.8) is 0 Å². The first-order valence-corrected chi connectivity index (χ1v) is 24.4. The van der Waals surface area contributed by atoms with Crippen LogP contribution in [0.25, 0.3) is 94.6 Å². The number of para-hydroxylation sites is 2. The van der Waals surface area contributed by atoms with E-state index in [-0.39, 0.29) is 27.4 Å². The van der Waals surface area contributed by atoms with Crippen molar-refractivity contribution < 1.29 is 5.11 Å². The molecule has 0 fully saturated rings. The van der Waals surface area contributed by atoms with Crippen molar-refractivity contribution in [1.82, 2.24) is 19.5 Å². The molecule has 0 radical (unpaired) electrons. The largest absolute Gasteiger partial charge is 0.507 e. The lowest BCUT2D eigenvalue weighted by molar-refractivity contribution is 0.446. The van der Waals surface area contributed by atoms with Gasteiger partial charge in [0.1, 0.15) is 11.6 Å². The Bertz CT molecular complexity index is 3600. The van der Waals surface area contributed by atoms with Gasteiger partial charge in [-0.25, -0.2) is 4.98 Å². The molecule has 0 atom stereocenters. The molecule has 0 unspecified atom stereocenters. The number of imidazole rings is 1. The number of aromatic amines is 1. The molecule has 5 heteroatoms. The van der Waals surface area contributed by atoms with Crippen molar-refractivity contribution in [2.75, 3.05) is 0 Å². The average Bonchev–Trinajstić information content (AvgIpc) is 3.89. The summed E-state index contributed by atoms with van der Waals surface area (Å²) >= 11 is 0. The third-order valence-electron chi connectivity index (χ3n) is 13.9. The lowest BCUT2D eigenvalue weighted by atomic mass is 9.79. The number of phenols is 1. The first-order valence-electron chi connectivity index (χ1n) is 24.4. The number of rotatable bonds is 6. The average molecular weight is 905 g/mol. The number of nitrogens with one attached hydrogen (secondary N) is 1. The van der Waals surface area contributed by atoms with E-state index in [0.717, 1.165) is 78.0 Å². The van der Waals surface area contributed by atoms with Crippen molar-refractivity contribution in [1.29, 1.82) is 0 Å². The summed E-state index contributed by atoms with van der Waals surface area (Å²) in [5.74, 6) is 0.952. The molecular weight excluding hydrogens is 841 g/mol. The van der Waals surface area contributed by atoms with E-state index in [1.165, 1.54) is 27.5 Å². The maximum Gasteiger partial charge on any atom is 0.149 e. The van der Waals surface area contributed by atoms with Gasteiger partial charge in [0.25, 0.3) is 0 Å². The predicted molar refractivity (Wildman–Crippen MR) is 292 cm³/mol. The van der Waals surface area contributed by atoms with Crippen molar-refractivity contribution in [2.45, 2.75) is 105 Å². The number of fused-ring (bicyclic) bond motifs is 4. The number of hydrogen-bond donors (Lipinski definition) is 2. The lowest BCUT2D eigenvalue weighted by Crippen LogP contribution is -2.17. The van der Waals surface area contributed by atoms with E-state index in [9.17, 15) is 5.11 Å². The van der Waals surface area contributed by atoms with Crippen molar-refractivity contribution >= 4 is 32.8 Å². The van der Waals surface area contributed by atoms with Gasteiger partial charge in [0, 0.05) is 50.3 Å². The molecule has 0 aliphatic carbocycles. The molecular formula is C64H64N4O. The summed E-state index contributed by atoms with van der Waals surface area (Å²) in [4.78, 5) is 14.4. The molecule has 3 aromatic heterocycles. The van der Waals surface area contributed by atoms with E-state index in [0.29, 0.717) is 11.4 Å². The number of aromatic hydroxyl groups is 1. The third-order valence-corrected chi connectivity index (χ3v) is 13.9. The fraction of sp³-hybridized carbons (Fsp3) is 0.250. The van der Waals surface area contributed by atoms with Crippen LogP contribution in [0.3, 0.4) is 0 Å². The van der Waals surface area contributed by atoms with Crippen LogP contribution in [0.4, 0.5) is 0 Å². The molecule has 3 heterocycles. The second kappa shape index (κ2) is 16.5. The zero-order chi connectivity index (χ0) is 48.8. The maximum atomic E-state index is 12.6. The second-order valence-electron chi connectivity index (χ2n) is 23.1. The maximum absolute atomic E-state index is 12.6. The second-order valence-corrected chi connectivity index (χ2v) is 23.1. The zero-order valence-corrected chi connectivity index (χ0v) is 42.3. The van der Waals surface area contributed by atoms with E-state index in [1.807, 2.05) is 6.20 Å². The highest BCUT2D eigenvalue weighted by Gasteiger charge is 2.30. The summed E-state index contributed by atoms with van der Waals surface area (Å²) in [6.07, 6.45) is 1.94. The SMILES string of the molecule is CC(C)(C)c1cc(-c2cc(-c3cccc4[nH]c5ccccc5c34)ccn2)cc(-c2cccc3c2nc(-c2cc(C(C)(C)C)cc(C(C)(C)C)c2O)n3-c2ccc(C(C)(C)C)cc2-c2ccccc2)c1. The smallest absolute Gasteiger partial charge is 0.149 e. The number of phenolic OH excluding ortho intramolecular Hbond substituents is 1. The molecule has 0 bridgehead atoms. The van der Waals surface area contributed by atoms with Gasteiger partial charge in [-0.05, 0) is 121 Å². The van der Waals surface area contributed by atoms with E-state index >= 15 is 0 Å². The standard InChI is InChI=1S/C64H64N4O/c1-61(2,3)43-28-29-55(49(36-43)39-20-14-13-15-21-39)68-56-27-19-24-47(58(56)67-60(68)50-37-45(63(7,8)9)38-51(59(50)69)64(10,11)12)41-32-42(34-44(33-41)62(4,5)6)54-35-40(30-31-65-54)46-23-18-26-53-57(46)48-22-16-17-25-52(48)66-53/h13-38,66,69H,1-12H3. The Balaban J connectivity index is 1.25. The molecule has 0 spiro atoms. The summed E-state index contributed by atoms with van der Waals surface area (Å²) < 4.78 is 2.30. The zero-order valence-electron chi connectivity index (χ0n) is 42.3. The molecule has 0 saturated carbocycles. The summed E-state index contributed by atoms with van der Waals surface area (Å²) in [7, 11) is 0. The van der Waals surface area contributed by atoms with Gasteiger partial charge < -0.3 is 10.1 Å². The predicted octanol–water partition coefficient (Wildman–Crippen LogP) is 17.3. The number of nitrogens with zero attached hydrogens (tertiary/aromatic N) is 3. The van der Waals surface area contributed by atoms with Crippen LogP contribution in [0.2, 0.25) is 0 Å². The highest BCUT2D eigenvalue weighted by atomic mass is 16.3. The first kappa shape index (κ1) is 45.5. The summed E-state index contributed by atoms with van der Waals surface area (Å²) in [5.41, 5.74) is 18.0. The molecule has 5 nitrogen and oxygen atoms in total. The summed E-state index contributed by atoms with van der Waals surface area (Å²) in [6, 6.07) is 54.7. The minimum absolute atomic E-state index is 0.0795. The Morgan fingerprint density at radius 1 is 0.464 bits per heavy atom. The van der Waals surface area contributed by atoms with Crippen molar-refractivity contribution in [2.24, 2.45) is 0 Å². The molecule has 0 aliphatic heterocycles. The van der Waals surface area contributed by atoms with Crippen molar-refractivity contribution in [3.8, 4) is 67.5 Å². The quantitative estimate of drug-likeness (QED) is 0.175. The summed E-state index contributed by atoms with van der Waals surface area (Å²) in [5, 5.41) is 15.0. The van der Waals surface area contributed by atoms with Crippen LogP contribution in [0.5, 0.6) is 5.75 Å². The Hall–Kier alpha value is -7.24. The van der Waals surface area contributed by atoms with Gasteiger partial charge in [-0.15, -0.1) is 0 Å². The van der Waals surface area contributed by atoms with E-state index in [1.54, 1.807) is 0 Å². The highest BCUT2D eigenvalue weighted by molar-refractivity contribution is 6.14. The van der Waals surface area contributed by atoms with Gasteiger partial charge in [0.15, 0.2) is 0 Å². The molecule has 2 N–H and O–H groups in total. The number of H-pyrrole nitrogens is 1. The minimum Gasteiger partial charge on any atom is -0.507 e. The van der Waals surface area contributed by atoms with Crippen LogP contribution < -0.4 is 0 Å². The monoisotopic (exact) mass is 905 g/mol. The fourth-order valence-electron chi connectivity index (χ4n) is 9.88. The number of hydrogen-bond acceptors (Lipinski definition) is 3. The van der Waals surface area contributed by atoms with Gasteiger partial charge in [-0.3, -0.25) is 9.55 Å².